The molecule has 5 nitrogen and oxygen atoms in total. The Morgan fingerprint density at radius 3 is 2.93 bits per heavy atom. The van der Waals surface area contributed by atoms with Crippen molar-refractivity contribution in [1.29, 1.82) is 0 Å². The van der Waals surface area contributed by atoms with Gasteiger partial charge in [0.1, 0.15) is 0 Å². The predicted octanol–water partition coefficient (Wildman–Crippen LogP) is 0.645. The van der Waals surface area contributed by atoms with Gasteiger partial charge in [0.05, 0.1) is 12.6 Å². The fourth-order valence-corrected chi connectivity index (χ4v) is 1.63. The van der Waals surface area contributed by atoms with E-state index in [1.165, 1.54) is 0 Å². The number of ether oxygens (including phenoxy) is 1. The molecule has 1 aromatic heterocycles. The summed E-state index contributed by atoms with van der Waals surface area (Å²) in [4.78, 5) is 0. The molecule has 0 aliphatic carbocycles. The summed E-state index contributed by atoms with van der Waals surface area (Å²) in [5, 5.41) is 11.0. The van der Waals surface area contributed by atoms with Crippen LogP contribution in [0.2, 0.25) is 0 Å². The molecule has 0 saturated carbocycles. The van der Waals surface area contributed by atoms with Crippen molar-refractivity contribution in [1.82, 2.24) is 15.5 Å². The monoisotopic (exact) mass is 197 g/mol. The van der Waals surface area contributed by atoms with E-state index in [-0.39, 0.29) is 6.10 Å². The second-order valence-corrected chi connectivity index (χ2v) is 3.57. The Labute approximate surface area is 82.8 Å². The summed E-state index contributed by atoms with van der Waals surface area (Å²) in [7, 11) is 0. The molecule has 1 fully saturated rings. The van der Waals surface area contributed by atoms with Gasteiger partial charge < -0.3 is 14.5 Å². The number of aromatic nitrogens is 2. The molecule has 0 aromatic carbocycles. The highest BCUT2D eigenvalue weighted by Gasteiger charge is 2.23. The number of hydrogen-bond acceptors (Lipinski definition) is 5. The molecule has 14 heavy (non-hydrogen) atoms. The maximum Gasteiger partial charge on any atom is 0.230 e. The first-order valence-corrected chi connectivity index (χ1v) is 4.89. The van der Waals surface area contributed by atoms with Gasteiger partial charge in [0.25, 0.3) is 0 Å². The lowest BCUT2D eigenvalue weighted by atomic mass is 10.1. The third-order valence-corrected chi connectivity index (χ3v) is 2.46. The normalized spacial score (nSPS) is 27.0. The van der Waals surface area contributed by atoms with Crippen LogP contribution in [-0.4, -0.2) is 29.0 Å². The fraction of sp³-hybridized carbons (Fsp3) is 0.778. The van der Waals surface area contributed by atoms with Crippen LogP contribution in [0.4, 0.5) is 0 Å². The number of nitrogens with one attached hydrogen (secondary N) is 1. The van der Waals surface area contributed by atoms with Gasteiger partial charge in [0.15, 0.2) is 0 Å². The molecule has 0 spiro atoms. The van der Waals surface area contributed by atoms with Crippen LogP contribution in [-0.2, 0) is 11.3 Å². The molecule has 78 valence electrons. The number of rotatable bonds is 3. The Hall–Kier alpha value is -0.940. The van der Waals surface area contributed by atoms with Gasteiger partial charge in [-0.25, -0.2) is 0 Å². The first-order valence-electron chi connectivity index (χ1n) is 4.89. The zero-order valence-electron chi connectivity index (χ0n) is 8.49. The van der Waals surface area contributed by atoms with Crippen molar-refractivity contribution in [2.45, 2.75) is 39.0 Å². The Balaban J connectivity index is 1.82. The first kappa shape index (κ1) is 9.61. The molecular weight excluding hydrogens is 182 g/mol. The van der Waals surface area contributed by atoms with Gasteiger partial charge in [-0.2, -0.15) is 0 Å². The zero-order valence-corrected chi connectivity index (χ0v) is 8.49. The highest BCUT2D eigenvalue weighted by atomic mass is 16.5. The van der Waals surface area contributed by atoms with Gasteiger partial charge >= 0.3 is 0 Å². The van der Waals surface area contributed by atoms with Crippen LogP contribution in [0.5, 0.6) is 0 Å². The van der Waals surface area contributed by atoms with E-state index in [0.717, 1.165) is 13.0 Å². The van der Waals surface area contributed by atoms with Gasteiger partial charge in [-0.3, -0.25) is 0 Å². The minimum absolute atomic E-state index is 0.277. The van der Waals surface area contributed by atoms with Crippen LogP contribution in [0, 0.1) is 6.92 Å². The van der Waals surface area contributed by atoms with Crippen LogP contribution in [0.25, 0.3) is 0 Å². The maximum absolute atomic E-state index is 5.43. The van der Waals surface area contributed by atoms with Crippen molar-refractivity contribution in [3.05, 3.63) is 11.8 Å². The quantitative estimate of drug-likeness (QED) is 0.770. The molecule has 2 atom stereocenters. The van der Waals surface area contributed by atoms with Crippen LogP contribution < -0.4 is 5.32 Å². The molecule has 1 aliphatic rings. The van der Waals surface area contributed by atoms with E-state index < -0.39 is 0 Å². The lowest BCUT2D eigenvalue weighted by Crippen LogP contribution is -2.34. The highest BCUT2D eigenvalue weighted by molar-refractivity contribution is 4.83. The van der Waals surface area contributed by atoms with Crippen LogP contribution in [0.3, 0.4) is 0 Å². The largest absolute Gasteiger partial charge is 0.424 e. The van der Waals surface area contributed by atoms with Crippen LogP contribution in [0.1, 0.15) is 25.1 Å². The molecule has 2 rings (SSSR count). The molecule has 5 heteroatoms. The van der Waals surface area contributed by atoms with Crippen molar-refractivity contribution < 1.29 is 9.15 Å². The van der Waals surface area contributed by atoms with Crippen molar-refractivity contribution in [3.63, 3.8) is 0 Å². The maximum atomic E-state index is 5.43. The van der Waals surface area contributed by atoms with Crippen molar-refractivity contribution in [3.8, 4) is 0 Å². The van der Waals surface area contributed by atoms with Crippen molar-refractivity contribution >= 4 is 0 Å². The molecule has 0 amide bonds. The third-order valence-electron chi connectivity index (χ3n) is 2.46. The summed E-state index contributed by atoms with van der Waals surface area (Å²) in [6.45, 7) is 5.32. The number of hydrogen-bond donors (Lipinski definition) is 1. The lowest BCUT2D eigenvalue weighted by Gasteiger charge is -2.13. The second kappa shape index (κ2) is 4.06. The molecule has 1 N–H and O–H groups in total. The minimum atomic E-state index is 0.277. The van der Waals surface area contributed by atoms with E-state index >= 15 is 0 Å². The molecule has 1 aliphatic heterocycles. The molecule has 1 saturated heterocycles. The number of aryl methyl sites for hydroxylation is 1. The van der Waals surface area contributed by atoms with E-state index in [2.05, 4.69) is 22.4 Å². The summed E-state index contributed by atoms with van der Waals surface area (Å²) in [6, 6.07) is 0.405. The topological polar surface area (TPSA) is 60.2 Å². The second-order valence-electron chi connectivity index (χ2n) is 3.57. The molecule has 0 radical (unpaired) electrons. The fourth-order valence-electron chi connectivity index (χ4n) is 1.63. The lowest BCUT2D eigenvalue weighted by molar-refractivity contribution is 0.112. The molecule has 1 aromatic rings. The summed E-state index contributed by atoms with van der Waals surface area (Å²) in [6.07, 6.45) is 1.33. The Morgan fingerprint density at radius 2 is 2.36 bits per heavy atom. The van der Waals surface area contributed by atoms with E-state index in [4.69, 9.17) is 9.15 Å². The Morgan fingerprint density at radius 1 is 1.50 bits per heavy atom. The minimum Gasteiger partial charge on any atom is -0.424 e. The molecule has 2 heterocycles. The van der Waals surface area contributed by atoms with Crippen molar-refractivity contribution in [2.75, 3.05) is 6.61 Å². The number of nitrogens with zero attached hydrogens (tertiary/aromatic N) is 2. The van der Waals surface area contributed by atoms with E-state index in [9.17, 15) is 0 Å². The van der Waals surface area contributed by atoms with Crippen LogP contribution in [0.15, 0.2) is 4.42 Å². The third kappa shape index (κ3) is 2.10. The van der Waals surface area contributed by atoms with Crippen LogP contribution >= 0.6 is 0 Å². The van der Waals surface area contributed by atoms with E-state index in [0.29, 0.717) is 24.4 Å². The van der Waals surface area contributed by atoms with Gasteiger partial charge in [0, 0.05) is 19.6 Å². The van der Waals surface area contributed by atoms with E-state index in [1.807, 2.05) is 0 Å². The summed E-state index contributed by atoms with van der Waals surface area (Å²) >= 11 is 0. The van der Waals surface area contributed by atoms with Crippen molar-refractivity contribution in [2.24, 2.45) is 0 Å². The van der Waals surface area contributed by atoms with Gasteiger partial charge in [-0.05, 0) is 13.3 Å². The average molecular weight is 197 g/mol. The standard InChI is InChI=1S/C9H15N3O2/c1-6-8(3-4-13-6)10-5-9-12-11-7(2)14-9/h6,8,10H,3-5H2,1-2H3. The van der Waals surface area contributed by atoms with Gasteiger partial charge in [0.2, 0.25) is 11.8 Å². The SMILES string of the molecule is Cc1nnc(CNC2CCOC2C)o1. The van der Waals surface area contributed by atoms with E-state index in [1.54, 1.807) is 6.92 Å². The molecule has 0 bridgehead atoms. The molecular formula is C9H15N3O2. The molecule has 2 unspecified atom stereocenters. The highest BCUT2D eigenvalue weighted by Crippen LogP contribution is 2.13. The van der Waals surface area contributed by atoms with Gasteiger partial charge in [-0.15, -0.1) is 10.2 Å². The average Bonchev–Trinajstić information content (AvgIpc) is 2.72. The Bertz CT molecular complexity index is 300. The first-order chi connectivity index (χ1) is 6.75. The predicted molar refractivity (Wildman–Crippen MR) is 49.7 cm³/mol. The zero-order chi connectivity index (χ0) is 9.97. The smallest absolute Gasteiger partial charge is 0.230 e. The summed E-state index contributed by atoms with van der Waals surface area (Å²) in [5.74, 6) is 1.25. The summed E-state index contributed by atoms with van der Waals surface area (Å²) in [5.41, 5.74) is 0. The summed E-state index contributed by atoms with van der Waals surface area (Å²) < 4.78 is 10.7. The Kier molecular flexibility index (Phi) is 2.79. The van der Waals surface area contributed by atoms with Gasteiger partial charge in [-0.1, -0.05) is 0 Å².